The first-order valence-electron chi connectivity index (χ1n) is 9.25. The number of nitrogens with zero attached hydrogens (tertiary/aromatic N) is 3. The molecular weight excluding hydrogens is 344 g/mol. The van der Waals surface area contributed by atoms with E-state index in [4.69, 9.17) is 4.52 Å². The van der Waals surface area contributed by atoms with E-state index >= 15 is 0 Å². The number of carbonyl (C=O) groups is 2. The molecule has 0 unspecified atom stereocenters. The third-order valence-electron chi connectivity index (χ3n) is 4.98. The summed E-state index contributed by atoms with van der Waals surface area (Å²) in [5.41, 5.74) is 1.50. The first kappa shape index (κ1) is 17.5. The predicted octanol–water partition coefficient (Wildman–Crippen LogP) is 3.02. The molecule has 2 heterocycles. The summed E-state index contributed by atoms with van der Waals surface area (Å²) >= 11 is 0. The van der Waals surface area contributed by atoms with Gasteiger partial charge in [-0.05, 0) is 32.8 Å². The molecule has 1 saturated carbocycles. The minimum absolute atomic E-state index is 0.0135. The molecule has 0 aliphatic heterocycles. The molecule has 1 fully saturated rings. The van der Waals surface area contributed by atoms with Crippen molar-refractivity contribution in [3.63, 3.8) is 0 Å². The zero-order valence-corrected chi connectivity index (χ0v) is 15.4. The van der Waals surface area contributed by atoms with Crippen LogP contribution >= 0.6 is 0 Å². The number of aromatic nitrogens is 3. The van der Waals surface area contributed by atoms with Crippen LogP contribution in [-0.2, 0) is 11.2 Å². The third kappa shape index (κ3) is 3.49. The summed E-state index contributed by atoms with van der Waals surface area (Å²) in [6, 6.07) is 7.18. The van der Waals surface area contributed by atoms with Crippen molar-refractivity contribution >= 4 is 22.6 Å². The monoisotopic (exact) mass is 366 g/mol. The van der Waals surface area contributed by atoms with Crippen molar-refractivity contribution in [2.75, 3.05) is 6.54 Å². The van der Waals surface area contributed by atoms with Crippen LogP contribution in [0.5, 0.6) is 0 Å². The fourth-order valence-corrected chi connectivity index (χ4v) is 3.25. The fraction of sp³-hybridized carbons (Fsp3) is 0.400. The Labute approximate surface area is 156 Å². The number of amides is 1. The molecule has 1 aliphatic carbocycles. The van der Waals surface area contributed by atoms with E-state index in [0.29, 0.717) is 30.3 Å². The second kappa shape index (κ2) is 6.98. The lowest BCUT2D eigenvalue weighted by Gasteiger charge is -2.15. The molecule has 1 atom stereocenters. The lowest BCUT2D eigenvalue weighted by Crippen LogP contribution is -2.32. The predicted molar refractivity (Wildman–Crippen MR) is 99.6 cm³/mol. The topological polar surface area (TPSA) is 90.0 Å². The van der Waals surface area contributed by atoms with Crippen LogP contribution in [0.15, 0.2) is 35.0 Å². The van der Waals surface area contributed by atoms with Crippen LogP contribution in [0, 0.1) is 0 Å². The van der Waals surface area contributed by atoms with Crippen molar-refractivity contribution in [3.8, 4) is 0 Å². The number of Topliss-reactive ketones (excluding diaryl/α,β-unsaturated/α-hetero) is 1. The number of hydrogen-bond donors (Lipinski definition) is 1. The van der Waals surface area contributed by atoms with Gasteiger partial charge in [0.15, 0.2) is 11.6 Å². The van der Waals surface area contributed by atoms with Gasteiger partial charge in [-0.1, -0.05) is 23.4 Å². The highest BCUT2D eigenvalue weighted by Crippen LogP contribution is 2.38. The average molecular weight is 366 g/mol. The molecule has 1 aromatic carbocycles. The molecule has 7 heteroatoms. The van der Waals surface area contributed by atoms with E-state index in [9.17, 15) is 9.59 Å². The van der Waals surface area contributed by atoms with E-state index in [1.165, 1.54) is 6.92 Å². The van der Waals surface area contributed by atoms with Gasteiger partial charge in [-0.25, -0.2) is 0 Å². The zero-order chi connectivity index (χ0) is 19.0. The highest BCUT2D eigenvalue weighted by molar-refractivity contribution is 6.07. The second-order valence-corrected chi connectivity index (χ2v) is 7.06. The molecule has 1 aliphatic rings. The lowest BCUT2D eigenvalue weighted by atomic mass is 10.1. The smallest absolute Gasteiger partial charge is 0.242 e. The second-order valence-electron chi connectivity index (χ2n) is 7.06. The Morgan fingerprint density at radius 3 is 2.85 bits per heavy atom. The largest absolute Gasteiger partial charge is 0.354 e. The van der Waals surface area contributed by atoms with Gasteiger partial charge in [0.25, 0.3) is 0 Å². The lowest BCUT2D eigenvalue weighted by molar-refractivity contribution is -0.123. The van der Waals surface area contributed by atoms with Crippen molar-refractivity contribution in [2.45, 2.75) is 45.1 Å². The van der Waals surface area contributed by atoms with Crippen molar-refractivity contribution in [2.24, 2.45) is 0 Å². The van der Waals surface area contributed by atoms with E-state index in [-0.39, 0.29) is 11.7 Å². The number of ketones is 1. The Morgan fingerprint density at radius 1 is 1.33 bits per heavy atom. The maximum absolute atomic E-state index is 12.6. The zero-order valence-electron chi connectivity index (χ0n) is 15.4. The number of hydrogen-bond acceptors (Lipinski definition) is 5. The normalized spacial score (nSPS) is 15.0. The van der Waals surface area contributed by atoms with Gasteiger partial charge in [-0.2, -0.15) is 4.98 Å². The highest BCUT2D eigenvalue weighted by atomic mass is 16.5. The van der Waals surface area contributed by atoms with E-state index in [0.717, 1.165) is 29.6 Å². The molecule has 3 aromatic rings. The van der Waals surface area contributed by atoms with Gasteiger partial charge >= 0.3 is 0 Å². The quantitative estimate of drug-likeness (QED) is 0.649. The van der Waals surface area contributed by atoms with Crippen LogP contribution in [0.1, 0.15) is 60.7 Å². The van der Waals surface area contributed by atoms with E-state index in [2.05, 4.69) is 15.5 Å². The van der Waals surface area contributed by atoms with Crippen molar-refractivity contribution < 1.29 is 14.1 Å². The maximum atomic E-state index is 12.6. The molecule has 2 aromatic heterocycles. The van der Waals surface area contributed by atoms with Gasteiger partial charge in [0, 0.05) is 41.5 Å². The molecule has 1 amide bonds. The Bertz CT molecular complexity index is 1000. The highest BCUT2D eigenvalue weighted by Gasteiger charge is 2.28. The summed E-state index contributed by atoms with van der Waals surface area (Å²) in [5.74, 6) is 1.65. The SMILES string of the molecule is CC(=O)c1cn([C@@H](C)C(=O)NCCc2nc(C3CC3)no2)c2ccccc12. The molecule has 27 heavy (non-hydrogen) atoms. The molecule has 140 valence electrons. The van der Waals surface area contributed by atoms with Crippen molar-refractivity contribution in [1.29, 1.82) is 0 Å². The molecule has 0 saturated heterocycles. The molecule has 0 bridgehead atoms. The third-order valence-corrected chi connectivity index (χ3v) is 4.98. The van der Waals surface area contributed by atoms with E-state index < -0.39 is 6.04 Å². The minimum atomic E-state index is -0.437. The number of rotatable bonds is 7. The number of nitrogens with one attached hydrogen (secondary N) is 1. The number of carbonyl (C=O) groups excluding carboxylic acids is 2. The van der Waals surface area contributed by atoms with Crippen LogP contribution < -0.4 is 5.32 Å². The van der Waals surface area contributed by atoms with E-state index in [1.54, 1.807) is 6.20 Å². The number of para-hydroxylation sites is 1. The van der Waals surface area contributed by atoms with Gasteiger partial charge in [-0.3, -0.25) is 9.59 Å². The summed E-state index contributed by atoms with van der Waals surface area (Å²) in [5, 5.41) is 7.76. The summed E-state index contributed by atoms with van der Waals surface area (Å²) in [7, 11) is 0. The molecule has 0 spiro atoms. The van der Waals surface area contributed by atoms with Crippen LogP contribution in [0.3, 0.4) is 0 Å². The van der Waals surface area contributed by atoms with Crippen LogP contribution in [0.2, 0.25) is 0 Å². The molecule has 0 radical (unpaired) electrons. The van der Waals surface area contributed by atoms with Gasteiger partial charge in [0.2, 0.25) is 11.8 Å². The molecule has 1 N–H and O–H groups in total. The molecule has 7 nitrogen and oxygen atoms in total. The standard InChI is InChI=1S/C20H22N4O3/c1-12(24-11-16(13(2)25)15-5-3-4-6-17(15)24)20(26)21-10-9-18-22-19(23-27-18)14-7-8-14/h3-6,11-12,14H,7-10H2,1-2H3,(H,21,26)/t12-/m0/s1. The average Bonchev–Trinajstić information content (AvgIpc) is 3.27. The Hall–Kier alpha value is -2.96. The summed E-state index contributed by atoms with van der Waals surface area (Å²) in [6.45, 7) is 3.79. The van der Waals surface area contributed by atoms with Crippen molar-refractivity contribution in [3.05, 3.63) is 47.7 Å². The first-order valence-corrected chi connectivity index (χ1v) is 9.25. The van der Waals surface area contributed by atoms with Crippen LogP contribution in [0.25, 0.3) is 10.9 Å². The molecule has 4 rings (SSSR count). The summed E-state index contributed by atoms with van der Waals surface area (Å²) in [4.78, 5) is 28.9. The van der Waals surface area contributed by atoms with Crippen LogP contribution in [0.4, 0.5) is 0 Å². The van der Waals surface area contributed by atoms with Crippen LogP contribution in [-0.4, -0.2) is 32.9 Å². The first-order chi connectivity index (χ1) is 13.0. The summed E-state index contributed by atoms with van der Waals surface area (Å²) < 4.78 is 7.07. The number of benzene rings is 1. The Morgan fingerprint density at radius 2 is 2.11 bits per heavy atom. The minimum Gasteiger partial charge on any atom is -0.354 e. The van der Waals surface area contributed by atoms with Crippen molar-refractivity contribution in [1.82, 2.24) is 20.0 Å². The van der Waals surface area contributed by atoms with Gasteiger partial charge in [0.05, 0.1) is 0 Å². The summed E-state index contributed by atoms with van der Waals surface area (Å²) in [6.07, 6.45) is 4.51. The van der Waals surface area contributed by atoms with Gasteiger partial charge in [0.1, 0.15) is 6.04 Å². The maximum Gasteiger partial charge on any atom is 0.242 e. The van der Waals surface area contributed by atoms with E-state index in [1.807, 2.05) is 35.8 Å². The Balaban J connectivity index is 1.42. The number of fused-ring (bicyclic) bond motifs is 1. The van der Waals surface area contributed by atoms with Gasteiger partial charge in [-0.15, -0.1) is 0 Å². The fourth-order valence-electron chi connectivity index (χ4n) is 3.25. The van der Waals surface area contributed by atoms with Gasteiger partial charge < -0.3 is 14.4 Å². The molecular formula is C20H22N4O3. The Kier molecular flexibility index (Phi) is 4.51.